The van der Waals surface area contributed by atoms with Crippen molar-refractivity contribution in [1.29, 1.82) is 5.26 Å². The third-order valence-electron chi connectivity index (χ3n) is 5.86. The number of hydrogen-bond donors (Lipinski definition) is 0. The monoisotopic (exact) mass is 377 g/mol. The van der Waals surface area contributed by atoms with Gasteiger partial charge in [0.25, 0.3) is 0 Å². The van der Waals surface area contributed by atoms with Gasteiger partial charge in [-0.25, -0.2) is 0 Å². The molecule has 2 aromatic rings. The summed E-state index contributed by atoms with van der Waals surface area (Å²) in [6.07, 6.45) is 0.624. The molecule has 0 bridgehead atoms. The Balaban J connectivity index is 2.05. The van der Waals surface area contributed by atoms with E-state index in [1.54, 1.807) is 0 Å². The van der Waals surface area contributed by atoms with E-state index < -0.39 is 8.24 Å². The third kappa shape index (κ3) is 3.86. The maximum Gasteiger partial charge on any atom is 0.198 e. The van der Waals surface area contributed by atoms with Crippen molar-refractivity contribution in [2.45, 2.75) is 32.2 Å². The summed E-state index contributed by atoms with van der Waals surface area (Å²) in [5.74, 6) is 0. The summed E-state index contributed by atoms with van der Waals surface area (Å²) in [4.78, 5) is 2.44. The van der Waals surface area contributed by atoms with Crippen LogP contribution in [0.1, 0.15) is 27.2 Å². The predicted molar refractivity (Wildman–Crippen MR) is 116 cm³/mol. The summed E-state index contributed by atoms with van der Waals surface area (Å²) >= 11 is 0. The summed E-state index contributed by atoms with van der Waals surface area (Å²) in [5.41, 5.74) is 0. The zero-order valence-electron chi connectivity index (χ0n) is 16.9. The zero-order chi connectivity index (χ0) is 19.3. The van der Waals surface area contributed by atoms with Gasteiger partial charge in [0.05, 0.1) is 6.07 Å². The van der Waals surface area contributed by atoms with Gasteiger partial charge in [0.15, 0.2) is 8.24 Å². The van der Waals surface area contributed by atoms with Crippen molar-refractivity contribution in [3.05, 3.63) is 60.7 Å². The lowest BCUT2D eigenvalue weighted by molar-refractivity contribution is 0.185. The fraction of sp³-hybridized carbons (Fsp3) is 0.435. The first-order valence-electron chi connectivity index (χ1n) is 9.95. The Hall–Kier alpha value is -1.93. The van der Waals surface area contributed by atoms with Crippen LogP contribution in [-0.4, -0.2) is 50.4 Å². The van der Waals surface area contributed by atoms with Crippen molar-refractivity contribution in [3.63, 3.8) is 0 Å². The quantitative estimate of drug-likeness (QED) is 0.750. The Bertz CT molecular complexity index is 714. The number of benzene rings is 2. The Morgan fingerprint density at radius 1 is 0.852 bits per heavy atom. The summed E-state index contributed by atoms with van der Waals surface area (Å²) in [5, 5.41) is 12.0. The maximum absolute atomic E-state index is 8.90. The lowest BCUT2D eigenvalue weighted by Gasteiger charge is -2.53. The van der Waals surface area contributed by atoms with Gasteiger partial charge in [-0.05, 0) is 15.4 Å². The van der Waals surface area contributed by atoms with Crippen molar-refractivity contribution in [1.82, 2.24) is 9.47 Å². The molecule has 4 heteroatoms. The van der Waals surface area contributed by atoms with Crippen LogP contribution in [0.15, 0.2) is 60.7 Å². The molecule has 2 aromatic carbocycles. The molecule has 3 nitrogen and oxygen atoms in total. The number of rotatable bonds is 5. The molecule has 0 spiro atoms. The minimum absolute atomic E-state index is 0.157. The fourth-order valence-electron chi connectivity index (χ4n) is 4.75. The molecule has 0 radical (unpaired) electrons. The summed E-state index contributed by atoms with van der Waals surface area (Å²) in [6, 6.07) is 24.6. The van der Waals surface area contributed by atoms with Crippen LogP contribution in [0.3, 0.4) is 0 Å². The lowest BCUT2D eigenvalue weighted by Crippen LogP contribution is -2.77. The van der Waals surface area contributed by atoms with Crippen LogP contribution < -0.4 is 10.4 Å². The fourth-order valence-corrected chi connectivity index (χ4v) is 10.7. The average molecular weight is 378 g/mol. The summed E-state index contributed by atoms with van der Waals surface area (Å²) in [6.45, 7) is 12.4. The molecule has 3 rings (SSSR count). The van der Waals surface area contributed by atoms with Gasteiger partial charge in [0.2, 0.25) is 0 Å². The van der Waals surface area contributed by atoms with E-state index in [1.165, 1.54) is 10.4 Å². The maximum atomic E-state index is 8.90. The van der Waals surface area contributed by atoms with Crippen LogP contribution >= 0.6 is 0 Å². The van der Waals surface area contributed by atoms with E-state index in [0.717, 1.165) is 32.7 Å². The molecule has 27 heavy (non-hydrogen) atoms. The molecule has 0 N–H and O–H groups in total. The molecule has 1 fully saturated rings. The first-order chi connectivity index (χ1) is 13.0. The van der Waals surface area contributed by atoms with E-state index in [4.69, 9.17) is 5.26 Å². The van der Waals surface area contributed by atoms with E-state index >= 15 is 0 Å². The van der Waals surface area contributed by atoms with Crippen LogP contribution in [0, 0.1) is 11.3 Å². The topological polar surface area (TPSA) is 30.3 Å². The number of piperazine rings is 1. The molecule has 142 valence electrons. The van der Waals surface area contributed by atoms with Crippen molar-refractivity contribution in [3.8, 4) is 6.07 Å². The van der Waals surface area contributed by atoms with Crippen LogP contribution in [0.5, 0.6) is 0 Å². The molecule has 1 aliphatic rings. The largest absolute Gasteiger partial charge is 0.314 e. The van der Waals surface area contributed by atoms with Crippen LogP contribution in [0.25, 0.3) is 0 Å². The molecule has 1 heterocycles. The molecule has 1 aliphatic heterocycles. The average Bonchev–Trinajstić information content (AvgIpc) is 2.68. The van der Waals surface area contributed by atoms with Crippen molar-refractivity contribution in [2.75, 3.05) is 32.7 Å². The minimum Gasteiger partial charge on any atom is -0.314 e. The van der Waals surface area contributed by atoms with Gasteiger partial charge in [0, 0.05) is 39.1 Å². The highest BCUT2D eigenvalue weighted by Gasteiger charge is 2.52. The van der Waals surface area contributed by atoms with Crippen LogP contribution in [0.2, 0.25) is 5.04 Å². The predicted octanol–water partition coefficient (Wildman–Crippen LogP) is 3.08. The second-order valence-corrected chi connectivity index (χ2v) is 13.1. The standard InChI is InChI=1S/C23H31N3Si/c1-23(2,3)27(21-11-6-4-7-12-21,22-13-8-5-9-14-22)26-19-17-25(18-20-26)16-10-15-24/h4-9,11-14H,10,16-20H2,1-3H3. The van der Waals surface area contributed by atoms with Gasteiger partial charge in [-0.15, -0.1) is 0 Å². The molecule has 0 aliphatic carbocycles. The second kappa shape index (κ2) is 8.39. The van der Waals surface area contributed by atoms with Crippen molar-refractivity contribution in [2.24, 2.45) is 0 Å². The Labute approximate surface area is 165 Å². The zero-order valence-corrected chi connectivity index (χ0v) is 17.9. The highest BCUT2D eigenvalue weighted by molar-refractivity contribution is 7.02. The minimum atomic E-state index is -2.17. The first-order valence-corrected chi connectivity index (χ1v) is 11.9. The smallest absolute Gasteiger partial charge is 0.198 e. The van der Waals surface area contributed by atoms with Crippen LogP contribution in [0.4, 0.5) is 0 Å². The van der Waals surface area contributed by atoms with Gasteiger partial charge >= 0.3 is 0 Å². The molecule has 0 atom stereocenters. The van der Waals surface area contributed by atoms with Gasteiger partial charge in [-0.1, -0.05) is 81.4 Å². The van der Waals surface area contributed by atoms with E-state index in [1.807, 2.05) is 0 Å². The Morgan fingerprint density at radius 3 is 1.74 bits per heavy atom. The third-order valence-corrected chi connectivity index (χ3v) is 11.8. The Kier molecular flexibility index (Phi) is 6.16. The normalized spacial score (nSPS) is 16.8. The molecular weight excluding hydrogens is 346 g/mol. The van der Waals surface area contributed by atoms with E-state index in [2.05, 4.69) is 97.0 Å². The van der Waals surface area contributed by atoms with E-state index in [-0.39, 0.29) is 5.04 Å². The van der Waals surface area contributed by atoms with Crippen LogP contribution in [-0.2, 0) is 0 Å². The summed E-state index contributed by atoms with van der Waals surface area (Å²) in [7, 11) is -2.17. The lowest BCUT2D eigenvalue weighted by atomic mass is 10.2. The van der Waals surface area contributed by atoms with Crippen molar-refractivity contribution < 1.29 is 0 Å². The van der Waals surface area contributed by atoms with Gasteiger partial charge in [-0.2, -0.15) is 5.26 Å². The number of nitrogens with zero attached hydrogens (tertiary/aromatic N) is 3. The Morgan fingerprint density at radius 2 is 1.33 bits per heavy atom. The number of hydrogen-bond acceptors (Lipinski definition) is 3. The highest BCUT2D eigenvalue weighted by Crippen LogP contribution is 2.38. The van der Waals surface area contributed by atoms with Crippen molar-refractivity contribution >= 4 is 18.6 Å². The summed E-state index contributed by atoms with van der Waals surface area (Å²) < 4.78 is 2.81. The van der Waals surface area contributed by atoms with E-state index in [9.17, 15) is 0 Å². The molecule has 0 saturated carbocycles. The molecule has 1 saturated heterocycles. The SMILES string of the molecule is CC(C)(C)[Si](c1ccccc1)(c1ccccc1)N1CCN(CCC#N)CC1. The molecule has 0 aromatic heterocycles. The molecular formula is C23H31N3Si. The van der Waals surface area contributed by atoms with Gasteiger partial charge in [0.1, 0.15) is 0 Å². The second-order valence-electron chi connectivity index (χ2n) is 8.43. The number of nitriles is 1. The highest BCUT2D eigenvalue weighted by atomic mass is 28.3. The molecule has 0 unspecified atom stereocenters. The van der Waals surface area contributed by atoms with Gasteiger partial charge < -0.3 is 4.57 Å². The van der Waals surface area contributed by atoms with Gasteiger partial charge in [-0.3, -0.25) is 4.90 Å². The molecule has 0 amide bonds. The van der Waals surface area contributed by atoms with E-state index in [0.29, 0.717) is 6.42 Å². The first kappa shape index (κ1) is 19.8.